The van der Waals surface area contributed by atoms with Crippen molar-refractivity contribution >= 4 is 6.09 Å². The van der Waals surface area contributed by atoms with Crippen LogP contribution in [-0.2, 0) is 0 Å². The lowest BCUT2D eigenvalue weighted by atomic mass is 10.3. The van der Waals surface area contributed by atoms with E-state index >= 15 is 0 Å². The van der Waals surface area contributed by atoms with E-state index in [0.29, 0.717) is 0 Å². The van der Waals surface area contributed by atoms with E-state index in [9.17, 15) is 4.79 Å². The average Bonchev–Trinajstić information content (AvgIpc) is 1.82. The van der Waals surface area contributed by atoms with Crippen molar-refractivity contribution in [2.75, 3.05) is 6.61 Å². The van der Waals surface area contributed by atoms with Gasteiger partial charge in [0.2, 0.25) is 0 Å². The predicted octanol–water partition coefficient (Wildman–Crippen LogP) is -0.199. The molecule has 0 aliphatic rings. The summed E-state index contributed by atoms with van der Waals surface area (Å²) in [5.41, 5.74) is 0. The molecule has 4 heteroatoms. The van der Waals surface area contributed by atoms with Gasteiger partial charge < -0.3 is 15.5 Å². The first-order valence-corrected chi connectivity index (χ1v) is 2.43. The molecular weight excluding hydrogens is 122 g/mol. The molecule has 0 bridgehead atoms. The summed E-state index contributed by atoms with van der Waals surface area (Å²) < 4.78 is 0. The molecule has 0 aliphatic carbocycles. The average molecular weight is 131 g/mol. The maximum atomic E-state index is 9.86. The normalized spacial score (nSPS) is 12.1. The van der Waals surface area contributed by atoms with Crippen LogP contribution < -0.4 is 5.32 Å². The zero-order valence-corrected chi connectivity index (χ0v) is 4.87. The Kier molecular flexibility index (Phi) is 3.46. The number of nitrogens with one attached hydrogen (secondary N) is 1. The predicted molar refractivity (Wildman–Crippen MR) is 32.2 cm³/mol. The number of aliphatic hydroxyl groups is 1. The molecular formula is C5H9NO3. The first-order chi connectivity index (χ1) is 4.20. The molecule has 0 radical (unpaired) electrons. The number of amides is 1. The molecule has 0 aromatic carbocycles. The van der Waals surface area contributed by atoms with Gasteiger partial charge in [-0.05, 0) is 0 Å². The molecule has 0 aromatic heterocycles. The summed E-state index contributed by atoms with van der Waals surface area (Å²) in [6.07, 6.45) is 0.169. The van der Waals surface area contributed by atoms with Gasteiger partial charge in [-0.25, -0.2) is 4.79 Å². The van der Waals surface area contributed by atoms with Gasteiger partial charge in [-0.3, -0.25) is 0 Å². The fraction of sp³-hybridized carbons (Fsp3) is 0.400. The molecule has 3 N–H and O–H groups in total. The monoisotopic (exact) mass is 131 g/mol. The fourth-order valence-electron chi connectivity index (χ4n) is 0.338. The van der Waals surface area contributed by atoms with Gasteiger partial charge >= 0.3 is 6.09 Å². The lowest BCUT2D eigenvalue weighted by Crippen LogP contribution is -2.34. The second-order valence-electron chi connectivity index (χ2n) is 1.47. The van der Waals surface area contributed by atoms with Crippen molar-refractivity contribution in [3.05, 3.63) is 12.7 Å². The van der Waals surface area contributed by atoms with Crippen LogP contribution in [0.25, 0.3) is 0 Å². The number of aliphatic hydroxyl groups excluding tert-OH is 1. The van der Waals surface area contributed by atoms with Crippen molar-refractivity contribution in [3.63, 3.8) is 0 Å². The minimum atomic E-state index is -1.16. The molecule has 0 saturated heterocycles. The van der Waals surface area contributed by atoms with E-state index in [2.05, 4.69) is 6.58 Å². The van der Waals surface area contributed by atoms with Crippen LogP contribution in [0.2, 0.25) is 0 Å². The smallest absolute Gasteiger partial charge is 0.405 e. The van der Waals surface area contributed by atoms with Crippen molar-refractivity contribution in [2.24, 2.45) is 0 Å². The van der Waals surface area contributed by atoms with Gasteiger partial charge in [-0.1, -0.05) is 6.08 Å². The van der Waals surface area contributed by atoms with Crippen LogP contribution in [0.1, 0.15) is 0 Å². The van der Waals surface area contributed by atoms with Crippen LogP contribution in [0.4, 0.5) is 4.79 Å². The van der Waals surface area contributed by atoms with Crippen molar-refractivity contribution in [2.45, 2.75) is 6.04 Å². The second-order valence-corrected chi connectivity index (χ2v) is 1.47. The maximum Gasteiger partial charge on any atom is 0.405 e. The fourth-order valence-corrected chi connectivity index (χ4v) is 0.338. The van der Waals surface area contributed by atoms with Crippen molar-refractivity contribution in [1.29, 1.82) is 0 Å². The Morgan fingerprint density at radius 2 is 2.44 bits per heavy atom. The van der Waals surface area contributed by atoms with Crippen molar-refractivity contribution < 1.29 is 15.0 Å². The molecule has 0 aliphatic heterocycles. The Morgan fingerprint density at radius 3 is 2.56 bits per heavy atom. The summed E-state index contributed by atoms with van der Waals surface area (Å²) in [4.78, 5) is 9.86. The highest BCUT2D eigenvalue weighted by Crippen LogP contribution is 1.80. The highest BCUT2D eigenvalue weighted by Gasteiger charge is 2.02. The third-order valence-corrected chi connectivity index (χ3v) is 0.790. The summed E-state index contributed by atoms with van der Waals surface area (Å²) in [7, 11) is 0. The Balaban J connectivity index is 3.55. The number of rotatable bonds is 3. The van der Waals surface area contributed by atoms with Gasteiger partial charge in [0.05, 0.1) is 12.6 Å². The summed E-state index contributed by atoms with van der Waals surface area (Å²) in [5, 5.41) is 18.5. The standard InChI is InChI=1S/C5H9NO3/c1-2-4(3-7)6-5(8)9/h2,4,6-7H,1,3H2,(H,8,9). The van der Waals surface area contributed by atoms with Gasteiger partial charge in [0.25, 0.3) is 0 Å². The van der Waals surface area contributed by atoms with Gasteiger partial charge in [-0.2, -0.15) is 0 Å². The quantitative estimate of drug-likeness (QED) is 0.464. The van der Waals surface area contributed by atoms with E-state index in [0.717, 1.165) is 0 Å². The highest BCUT2D eigenvalue weighted by molar-refractivity contribution is 5.65. The van der Waals surface area contributed by atoms with Crippen LogP contribution in [0, 0.1) is 0 Å². The first kappa shape index (κ1) is 7.97. The number of carbonyl (C=O) groups is 1. The van der Waals surface area contributed by atoms with E-state index in [1.165, 1.54) is 6.08 Å². The lowest BCUT2D eigenvalue weighted by molar-refractivity contribution is 0.183. The number of hydrogen-bond acceptors (Lipinski definition) is 2. The van der Waals surface area contributed by atoms with Gasteiger partial charge in [0.1, 0.15) is 0 Å². The molecule has 4 nitrogen and oxygen atoms in total. The van der Waals surface area contributed by atoms with Crippen molar-refractivity contribution in [3.8, 4) is 0 Å². The molecule has 1 amide bonds. The number of hydrogen-bond donors (Lipinski definition) is 3. The van der Waals surface area contributed by atoms with E-state index in [4.69, 9.17) is 10.2 Å². The Hall–Kier alpha value is -1.03. The molecule has 0 saturated carbocycles. The van der Waals surface area contributed by atoms with Gasteiger partial charge in [0.15, 0.2) is 0 Å². The van der Waals surface area contributed by atoms with Crippen molar-refractivity contribution in [1.82, 2.24) is 5.32 Å². The molecule has 1 unspecified atom stereocenters. The second kappa shape index (κ2) is 3.91. The molecule has 1 atom stereocenters. The first-order valence-electron chi connectivity index (χ1n) is 2.43. The molecule has 52 valence electrons. The third kappa shape index (κ3) is 3.54. The minimum absolute atomic E-state index is 0.254. The number of carboxylic acid groups (broad SMARTS) is 1. The summed E-state index contributed by atoms with van der Waals surface area (Å²) in [5.74, 6) is 0. The molecule has 9 heavy (non-hydrogen) atoms. The van der Waals surface area contributed by atoms with Crippen LogP contribution in [0.5, 0.6) is 0 Å². The van der Waals surface area contributed by atoms with Gasteiger partial charge in [-0.15, -0.1) is 6.58 Å². The van der Waals surface area contributed by atoms with E-state index < -0.39 is 12.1 Å². The zero-order chi connectivity index (χ0) is 7.28. The third-order valence-electron chi connectivity index (χ3n) is 0.790. The van der Waals surface area contributed by atoms with Gasteiger partial charge in [0, 0.05) is 0 Å². The zero-order valence-electron chi connectivity index (χ0n) is 4.87. The van der Waals surface area contributed by atoms with Crippen LogP contribution in [0.3, 0.4) is 0 Å². The highest BCUT2D eigenvalue weighted by atomic mass is 16.4. The Labute approximate surface area is 52.8 Å². The van der Waals surface area contributed by atoms with Crippen LogP contribution in [0.15, 0.2) is 12.7 Å². The summed E-state index contributed by atoms with van der Waals surface area (Å²) in [6, 6.07) is -0.553. The SMILES string of the molecule is C=CC(CO)NC(=O)O. The molecule has 0 aromatic rings. The van der Waals surface area contributed by atoms with E-state index in [1.807, 2.05) is 5.32 Å². The Morgan fingerprint density at radius 1 is 1.89 bits per heavy atom. The van der Waals surface area contributed by atoms with E-state index in [-0.39, 0.29) is 6.61 Å². The largest absolute Gasteiger partial charge is 0.465 e. The maximum absolute atomic E-state index is 9.86. The molecule has 0 rings (SSSR count). The molecule has 0 spiro atoms. The lowest BCUT2D eigenvalue weighted by Gasteiger charge is -2.06. The summed E-state index contributed by atoms with van der Waals surface area (Å²) in [6.45, 7) is 3.04. The Bertz CT molecular complexity index is 113. The molecule has 0 fully saturated rings. The van der Waals surface area contributed by atoms with Crippen LogP contribution in [-0.4, -0.2) is 29.0 Å². The molecule has 0 heterocycles. The summed E-state index contributed by atoms with van der Waals surface area (Å²) >= 11 is 0. The topological polar surface area (TPSA) is 69.6 Å². The van der Waals surface area contributed by atoms with E-state index in [1.54, 1.807) is 0 Å². The van der Waals surface area contributed by atoms with Crippen LogP contribution >= 0.6 is 0 Å². The minimum Gasteiger partial charge on any atom is -0.465 e.